The molecule has 0 aromatic rings. The van der Waals surface area contributed by atoms with E-state index in [9.17, 15) is 4.79 Å². The first-order valence-electron chi connectivity index (χ1n) is 5.81. The fourth-order valence-corrected chi connectivity index (χ4v) is 2.22. The number of esters is 1. The Morgan fingerprint density at radius 1 is 1.00 bits per heavy atom. The maximum atomic E-state index is 11.8. The average molecular weight is 210 g/mol. The lowest BCUT2D eigenvalue weighted by Gasteiger charge is -2.20. The first-order valence-corrected chi connectivity index (χ1v) is 5.81. The van der Waals surface area contributed by atoms with Crippen molar-refractivity contribution in [2.75, 3.05) is 0 Å². The van der Waals surface area contributed by atoms with Crippen LogP contribution in [0.3, 0.4) is 0 Å². The fourth-order valence-electron chi connectivity index (χ4n) is 2.22. The number of carbonyl (C=O) groups excluding carboxylic acids is 1. The molecule has 0 saturated heterocycles. The lowest BCUT2D eigenvalue weighted by atomic mass is 9.85. The molecule has 1 aliphatic rings. The highest BCUT2D eigenvalue weighted by Crippen LogP contribution is 2.36. The van der Waals surface area contributed by atoms with Gasteiger partial charge in [0.2, 0.25) is 0 Å². The van der Waals surface area contributed by atoms with Gasteiger partial charge in [0.25, 0.3) is 0 Å². The number of hydrogen-bond acceptors (Lipinski definition) is 2. The van der Waals surface area contributed by atoms with Crippen molar-refractivity contribution in [3.8, 4) is 0 Å². The van der Waals surface area contributed by atoms with E-state index in [1.54, 1.807) is 0 Å². The molecule has 0 fully saturated rings. The van der Waals surface area contributed by atoms with Crippen LogP contribution >= 0.6 is 0 Å². The normalized spacial score (nSPS) is 22.2. The van der Waals surface area contributed by atoms with Crippen molar-refractivity contribution in [2.24, 2.45) is 17.8 Å². The van der Waals surface area contributed by atoms with E-state index in [0.717, 1.165) is 5.57 Å². The molecule has 0 saturated carbocycles. The monoisotopic (exact) mass is 210 g/mol. The fraction of sp³-hybridized carbons (Fsp3) is 0.769. The Morgan fingerprint density at radius 2 is 1.53 bits per heavy atom. The lowest BCUT2D eigenvalue weighted by molar-refractivity contribution is -0.141. The summed E-state index contributed by atoms with van der Waals surface area (Å²) < 4.78 is 5.46. The molecule has 1 unspecified atom stereocenters. The standard InChI is InChI=1S/C13H22O2/c1-7(2)10-11(8(3)4)13(14)15-12(10)9(5)6/h7-9,12H,1-6H3. The summed E-state index contributed by atoms with van der Waals surface area (Å²) in [6, 6.07) is 0. The maximum absolute atomic E-state index is 11.8. The molecule has 0 aromatic carbocycles. The second-order valence-corrected chi connectivity index (χ2v) is 5.25. The molecule has 0 N–H and O–H groups in total. The molecular weight excluding hydrogens is 188 g/mol. The van der Waals surface area contributed by atoms with Crippen LogP contribution in [0.25, 0.3) is 0 Å². The van der Waals surface area contributed by atoms with Gasteiger partial charge in [-0.1, -0.05) is 41.5 Å². The van der Waals surface area contributed by atoms with Crippen LogP contribution in [0.2, 0.25) is 0 Å². The number of rotatable bonds is 3. The highest BCUT2D eigenvalue weighted by Gasteiger charge is 2.37. The summed E-state index contributed by atoms with van der Waals surface area (Å²) in [6.45, 7) is 12.6. The first kappa shape index (κ1) is 12.3. The second-order valence-electron chi connectivity index (χ2n) is 5.25. The van der Waals surface area contributed by atoms with Crippen LogP contribution in [-0.4, -0.2) is 12.1 Å². The van der Waals surface area contributed by atoms with Gasteiger partial charge >= 0.3 is 5.97 Å². The Morgan fingerprint density at radius 3 is 1.87 bits per heavy atom. The second kappa shape index (κ2) is 4.38. The highest BCUT2D eigenvalue weighted by molar-refractivity contribution is 5.92. The molecule has 0 aromatic heterocycles. The van der Waals surface area contributed by atoms with E-state index in [1.807, 2.05) is 0 Å². The third-order valence-electron chi connectivity index (χ3n) is 2.88. The Labute approximate surface area is 92.7 Å². The topological polar surface area (TPSA) is 26.3 Å². The van der Waals surface area contributed by atoms with E-state index in [4.69, 9.17) is 4.74 Å². The summed E-state index contributed by atoms with van der Waals surface area (Å²) in [5.74, 6) is 0.912. The molecule has 0 bridgehead atoms. The van der Waals surface area contributed by atoms with Crippen molar-refractivity contribution >= 4 is 5.97 Å². The Hall–Kier alpha value is -0.790. The summed E-state index contributed by atoms with van der Waals surface area (Å²) in [4.78, 5) is 11.8. The Bertz CT molecular complexity index is 285. The van der Waals surface area contributed by atoms with Crippen molar-refractivity contribution in [3.05, 3.63) is 11.1 Å². The molecule has 0 spiro atoms. The predicted octanol–water partition coefficient (Wildman–Crippen LogP) is 3.18. The maximum Gasteiger partial charge on any atom is 0.334 e. The average Bonchev–Trinajstić information content (AvgIpc) is 2.42. The molecular formula is C13H22O2. The van der Waals surface area contributed by atoms with E-state index >= 15 is 0 Å². The third kappa shape index (κ3) is 2.24. The van der Waals surface area contributed by atoms with Crippen LogP contribution in [0.15, 0.2) is 11.1 Å². The van der Waals surface area contributed by atoms with Gasteiger partial charge in [-0.3, -0.25) is 0 Å². The molecule has 15 heavy (non-hydrogen) atoms. The van der Waals surface area contributed by atoms with Gasteiger partial charge in [-0.15, -0.1) is 0 Å². The van der Waals surface area contributed by atoms with Gasteiger partial charge in [0, 0.05) is 5.57 Å². The van der Waals surface area contributed by atoms with E-state index in [-0.39, 0.29) is 18.0 Å². The van der Waals surface area contributed by atoms with Crippen LogP contribution in [-0.2, 0) is 9.53 Å². The van der Waals surface area contributed by atoms with Gasteiger partial charge in [-0.05, 0) is 23.3 Å². The van der Waals surface area contributed by atoms with Crippen molar-refractivity contribution in [1.29, 1.82) is 0 Å². The molecule has 1 rings (SSSR count). The Balaban J connectivity index is 3.16. The summed E-state index contributed by atoms with van der Waals surface area (Å²) in [5.41, 5.74) is 2.12. The van der Waals surface area contributed by atoms with Gasteiger partial charge in [0.05, 0.1) is 0 Å². The molecule has 86 valence electrons. The van der Waals surface area contributed by atoms with Gasteiger partial charge in [-0.25, -0.2) is 4.79 Å². The van der Waals surface area contributed by atoms with Crippen LogP contribution in [0.1, 0.15) is 41.5 Å². The molecule has 1 heterocycles. The van der Waals surface area contributed by atoms with Crippen molar-refractivity contribution in [3.63, 3.8) is 0 Å². The minimum absolute atomic E-state index is 0.00472. The van der Waals surface area contributed by atoms with Crippen LogP contribution in [0, 0.1) is 17.8 Å². The predicted molar refractivity (Wildman–Crippen MR) is 61.4 cm³/mol. The summed E-state index contributed by atoms with van der Waals surface area (Å²) >= 11 is 0. The SMILES string of the molecule is CC(C)C1=C(C(C)C)C(C(C)C)OC1=O. The third-order valence-corrected chi connectivity index (χ3v) is 2.88. The molecule has 0 amide bonds. The number of ether oxygens (including phenoxy) is 1. The van der Waals surface area contributed by atoms with Gasteiger partial charge in [0.15, 0.2) is 0 Å². The minimum atomic E-state index is -0.104. The number of hydrogen-bond donors (Lipinski definition) is 0. The van der Waals surface area contributed by atoms with Crippen molar-refractivity contribution < 1.29 is 9.53 Å². The zero-order chi connectivity index (χ0) is 11.7. The van der Waals surface area contributed by atoms with Crippen LogP contribution in [0.4, 0.5) is 0 Å². The molecule has 0 radical (unpaired) electrons. The minimum Gasteiger partial charge on any atom is -0.454 e. The number of cyclic esters (lactones) is 1. The molecule has 2 heteroatoms. The molecule has 0 aliphatic carbocycles. The quantitative estimate of drug-likeness (QED) is 0.669. The van der Waals surface area contributed by atoms with E-state index in [0.29, 0.717) is 11.8 Å². The summed E-state index contributed by atoms with van der Waals surface area (Å²) in [6.07, 6.45) is -0.00472. The molecule has 1 atom stereocenters. The zero-order valence-corrected chi connectivity index (χ0v) is 10.6. The first-order chi connectivity index (χ1) is 6.86. The molecule has 1 aliphatic heterocycles. The van der Waals surface area contributed by atoms with Crippen LogP contribution in [0.5, 0.6) is 0 Å². The van der Waals surface area contributed by atoms with E-state index in [2.05, 4.69) is 41.5 Å². The van der Waals surface area contributed by atoms with Crippen LogP contribution < -0.4 is 0 Å². The zero-order valence-electron chi connectivity index (χ0n) is 10.6. The molecule has 2 nitrogen and oxygen atoms in total. The van der Waals surface area contributed by atoms with Gasteiger partial charge in [0.1, 0.15) is 6.10 Å². The smallest absolute Gasteiger partial charge is 0.334 e. The highest BCUT2D eigenvalue weighted by atomic mass is 16.5. The summed E-state index contributed by atoms with van der Waals surface area (Å²) in [7, 11) is 0. The lowest BCUT2D eigenvalue weighted by Crippen LogP contribution is -2.21. The summed E-state index contributed by atoms with van der Waals surface area (Å²) in [5, 5.41) is 0. The van der Waals surface area contributed by atoms with Gasteiger partial charge < -0.3 is 4.74 Å². The number of carbonyl (C=O) groups is 1. The van der Waals surface area contributed by atoms with Crippen molar-refractivity contribution in [1.82, 2.24) is 0 Å². The Kier molecular flexibility index (Phi) is 3.58. The van der Waals surface area contributed by atoms with E-state index in [1.165, 1.54) is 5.57 Å². The van der Waals surface area contributed by atoms with Crippen molar-refractivity contribution in [2.45, 2.75) is 47.6 Å². The van der Waals surface area contributed by atoms with Gasteiger partial charge in [-0.2, -0.15) is 0 Å². The largest absolute Gasteiger partial charge is 0.454 e. The van der Waals surface area contributed by atoms with E-state index < -0.39 is 0 Å².